The molecular weight excluding hydrogens is 438 g/mol. The van der Waals surface area contributed by atoms with Gasteiger partial charge in [0.2, 0.25) is 0 Å². The van der Waals surface area contributed by atoms with Crippen LogP contribution in [0.5, 0.6) is 11.5 Å². The number of nitrogens with zero attached hydrogens (tertiary/aromatic N) is 5. The summed E-state index contributed by atoms with van der Waals surface area (Å²) in [6.07, 6.45) is 4.66. The fraction of sp³-hybridized carbons (Fsp3) is 0.333. The van der Waals surface area contributed by atoms with E-state index in [1.807, 2.05) is 6.92 Å². The largest absolute Gasteiger partial charge is 0.493 e. The fourth-order valence-corrected chi connectivity index (χ4v) is 4.49. The Labute approximate surface area is 186 Å². The zero-order chi connectivity index (χ0) is 23.3. The minimum Gasteiger partial charge on any atom is -0.493 e. The molecule has 1 aromatic carbocycles. The number of methoxy groups -OCH3 is 2. The van der Waals surface area contributed by atoms with Crippen LogP contribution in [0.15, 0.2) is 34.1 Å². The van der Waals surface area contributed by atoms with Gasteiger partial charge in [-0.3, -0.25) is 10.00 Å². The summed E-state index contributed by atoms with van der Waals surface area (Å²) in [5.74, 6) is -2.00. The molecular formula is C21H20F2N6O4. The van der Waals surface area contributed by atoms with Crippen LogP contribution in [0.1, 0.15) is 24.2 Å². The molecule has 12 heteroatoms. The second-order valence-electron chi connectivity index (χ2n) is 8.09. The number of urea groups is 1. The van der Waals surface area contributed by atoms with E-state index >= 15 is 8.78 Å². The fourth-order valence-electron chi connectivity index (χ4n) is 4.49. The predicted molar refractivity (Wildman–Crippen MR) is 112 cm³/mol. The van der Waals surface area contributed by atoms with Crippen molar-refractivity contribution < 1.29 is 27.6 Å². The van der Waals surface area contributed by atoms with E-state index < -0.39 is 34.8 Å². The molecule has 2 atom stereocenters. The second-order valence-corrected chi connectivity index (χ2v) is 8.09. The van der Waals surface area contributed by atoms with Crippen LogP contribution in [-0.4, -0.2) is 53.3 Å². The minimum absolute atomic E-state index is 0.0366. The number of H-pyrrole nitrogens is 1. The van der Waals surface area contributed by atoms with Crippen LogP contribution in [0.4, 0.5) is 25.1 Å². The van der Waals surface area contributed by atoms with Gasteiger partial charge in [-0.15, -0.1) is 0 Å². The molecule has 1 N–H and O–H groups in total. The Bertz CT molecular complexity index is 1220. The van der Waals surface area contributed by atoms with E-state index in [-0.39, 0.29) is 24.6 Å². The third-order valence-electron chi connectivity index (χ3n) is 5.99. The van der Waals surface area contributed by atoms with E-state index in [9.17, 15) is 4.79 Å². The maximum atomic E-state index is 15.3. The van der Waals surface area contributed by atoms with Gasteiger partial charge in [-0.25, -0.2) is 18.6 Å². The van der Waals surface area contributed by atoms with E-state index in [0.717, 1.165) is 11.0 Å². The molecule has 0 spiro atoms. The average molecular weight is 458 g/mol. The van der Waals surface area contributed by atoms with Gasteiger partial charge in [0.05, 0.1) is 33.0 Å². The average Bonchev–Trinajstić information content (AvgIpc) is 3.48. The number of anilines is 1. The highest BCUT2D eigenvalue weighted by molar-refractivity contribution is 5.96. The number of aromatic nitrogens is 3. The number of rotatable bonds is 5. The van der Waals surface area contributed by atoms with Gasteiger partial charge in [-0.05, 0) is 0 Å². The molecule has 1 saturated heterocycles. The molecule has 0 radical (unpaired) electrons. The zero-order valence-electron chi connectivity index (χ0n) is 18.0. The summed E-state index contributed by atoms with van der Waals surface area (Å²) >= 11 is 0. The summed E-state index contributed by atoms with van der Waals surface area (Å²) in [7, 11) is 2.50. The van der Waals surface area contributed by atoms with Crippen molar-refractivity contribution in [3.8, 4) is 11.5 Å². The van der Waals surface area contributed by atoms with E-state index in [1.165, 1.54) is 25.4 Å². The summed E-state index contributed by atoms with van der Waals surface area (Å²) in [6.45, 7) is 1.85. The molecule has 2 aliphatic rings. The molecule has 33 heavy (non-hydrogen) atoms. The Hall–Kier alpha value is -3.96. The van der Waals surface area contributed by atoms with Crippen molar-refractivity contribution in [1.29, 1.82) is 0 Å². The number of carbonyl (C=O) groups excluding carboxylic acids is 1. The number of aromatic amines is 1. The molecule has 2 amide bonds. The lowest BCUT2D eigenvalue weighted by Gasteiger charge is -2.51. The zero-order valence-corrected chi connectivity index (χ0v) is 18.0. The Morgan fingerprint density at radius 2 is 2.00 bits per heavy atom. The van der Waals surface area contributed by atoms with Crippen LogP contribution in [0.25, 0.3) is 0 Å². The van der Waals surface area contributed by atoms with Crippen molar-refractivity contribution in [1.82, 2.24) is 20.3 Å². The molecule has 172 valence electrons. The van der Waals surface area contributed by atoms with Gasteiger partial charge in [-0.1, -0.05) is 12.1 Å². The van der Waals surface area contributed by atoms with Crippen LogP contribution in [0.2, 0.25) is 0 Å². The van der Waals surface area contributed by atoms with Gasteiger partial charge < -0.3 is 18.9 Å². The molecule has 0 aliphatic carbocycles. The smallest absolute Gasteiger partial charge is 0.325 e. The highest BCUT2D eigenvalue weighted by atomic mass is 19.1. The van der Waals surface area contributed by atoms with Gasteiger partial charge in [-0.2, -0.15) is 5.10 Å². The number of ether oxygens (including phenoxy) is 2. The third kappa shape index (κ3) is 3.12. The van der Waals surface area contributed by atoms with Gasteiger partial charge >= 0.3 is 6.03 Å². The molecule has 3 aromatic rings. The van der Waals surface area contributed by atoms with Gasteiger partial charge in [0.15, 0.2) is 29.0 Å². The first kappa shape index (κ1) is 20.9. The van der Waals surface area contributed by atoms with Gasteiger partial charge in [0, 0.05) is 35.9 Å². The Balaban J connectivity index is 1.67. The number of halogens is 2. The van der Waals surface area contributed by atoms with E-state index in [0.29, 0.717) is 17.1 Å². The predicted octanol–water partition coefficient (Wildman–Crippen LogP) is 3.60. The first-order valence-corrected chi connectivity index (χ1v) is 10.0. The number of hydrogen-bond acceptors (Lipinski definition) is 7. The van der Waals surface area contributed by atoms with Crippen molar-refractivity contribution in [3.05, 3.63) is 47.5 Å². The summed E-state index contributed by atoms with van der Waals surface area (Å²) in [4.78, 5) is 20.7. The van der Waals surface area contributed by atoms with Gasteiger partial charge in [0.1, 0.15) is 17.6 Å². The first-order valence-electron chi connectivity index (χ1n) is 10.0. The van der Waals surface area contributed by atoms with Crippen molar-refractivity contribution in [2.24, 2.45) is 10.4 Å². The molecule has 2 aliphatic heterocycles. The molecule has 1 fully saturated rings. The lowest BCUT2D eigenvalue weighted by atomic mass is 9.75. The van der Waals surface area contributed by atoms with Crippen LogP contribution in [0.3, 0.4) is 0 Å². The summed E-state index contributed by atoms with van der Waals surface area (Å²) in [5.41, 5.74) is -0.207. The lowest BCUT2D eigenvalue weighted by molar-refractivity contribution is 0.109. The number of benzene rings is 1. The molecule has 0 saturated carbocycles. The van der Waals surface area contributed by atoms with E-state index in [4.69, 9.17) is 14.0 Å². The van der Waals surface area contributed by atoms with Crippen LogP contribution in [0, 0.1) is 17.0 Å². The molecule has 10 nitrogen and oxygen atoms in total. The molecule has 5 rings (SSSR count). The monoisotopic (exact) mass is 458 g/mol. The van der Waals surface area contributed by atoms with Crippen LogP contribution >= 0.6 is 0 Å². The minimum atomic E-state index is -1.01. The first-order chi connectivity index (χ1) is 15.9. The topological polar surface area (TPSA) is 109 Å². The number of fused-ring (bicyclic) bond motifs is 3. The summed E-state index contributed by atoms with van der Waals surface area (Å²) in [6, 6.07) is 1.57. The van der Waals surface area contributed by atoms with Crippen molar-refractivity contribution in [2.45, 2.75) is 19.5 Å². The molecule has 2 aromatic heterocycles. The normalized spacial score (nSPS) is 21.7. The third-order valence-corrected chi connectivity index (χ3v) is 5.99. The molecule has 0 bridgehead atoms. The van der Waals surface area contributed by atoms with Gasteiger partial charge in [0.25, 0.3) is 0 Å². The molecule has 2 unspecified atom stereocenters. The Kier molecular flexibility index (Phi) is 4.80. The SMILES string of the molecule is COc1cc(OC)c(F)c(N2CC3(C)C=Nc4[nH]ncc4C3N(Cc3ccon3)C2=O)c1F. The second kappa shape index (κ2) is 7.57. The number of amides is 2. The van der Waals surface area contributed by atoms with Crippen LogP contribution < -0.4 is 14.4 Å². The highest BCUT2D eigenvalue weighted by Crippen LogP contribution is 2.50. The maximum Gasteiger partial charge on any atom is 0.325 e. The van der Waals surface area contributed by atoms with Crippen molar-refractivity contribution in [2.75, 3.05) is 25.7 Å². The Morgan fingerprint density at radius 3 is 2.64 bits per heavy atom. The maximum absolute atomic E-state index is 15.3. The number of hydrogen-bond donors (Lipinski definition) is 1. The summed E-state index contributed by atoms with van der Waals surface area (Å²) < 4.78 is 45.7. The van der Waals surface area contributed by atoms with Crippen molar-refractivity contribution >= 4 is 23.8 Å². The standard InChI is InChI=1S/C21H20F2N6O4/c1-21-9-24-19-12(7-25-26-19)18(21)28(8-11-4-5-33-27-11)20(30)29(10-21)17-15(22)13(31-2)6-14(32-3)16(17)23/h4-7,9,18H,8,10H2,1-3H3,(H,25,26). The van der Waals surface area contributed by atoms with Crippen molar-refractivity contribution in [3.63, 3.8) is 0 Å². The Morgan fingerprint density at radius 1 is 1.27 bits per heavy atom. The van der Waals surface area contributed by atoms with E-state index in [2.05, 4.69) is 20.3 Å². The number of carbonyl (C=O) groups is 1. The highest BCUT2D eigenvalue weighted by Gasteiger charge is 2.52. The lowest BCUT2D eigenvalue weighted by Crippen LogP contribution is -2.60. The quantitative estimate of drug-likeness (QED) is 0.626. The molecule has 4 heterocycles. The van der Waals surface area contributed by atoms with Crippen LogP contribution in [-0.2, 0) is 6.54 Å². The summed E-state index contributed by atoms with van der Waals surface area (Å²) in [5, 5.41) is 10.8. The number of aliphatic imine (C=N–C) groups is 1. The van der Waals surface area contributed by atoms with E-state index in [1.54, 1.807) is 18.5 Å². The number of nitrogens with one attached hydrogen (secondary N) is 1.